The van der Waals surface area contributed by atoms with Gasteiger partial charge in [0.25, 0.3) is 0 Å². The molecule has 126 valence electrons. The van der Waals surface area contributed by atoms with Crippen molar-refractivity contribution in [1.82, 2.24) is 24.9 Å². The van der Waals surface area contributed by atoms with Crippen molar-refractivity contribution in [3.05, 3.63) is 18.0 Å². The number of aliphatic hydroxyl groups is 1. The van der Waals surface area contributed by atoms with E-state index in [0.29, 0.717) is 19.6 Å². The average molecular weight is 311 g/mol. The molecule has 0 aliphatic carbocycles. The molecule has 1 rings (SSSR count). The van der Waals surface area contributed by atoms with Crippen LogP contribution in [-0.4, -0.2) is 70.0 Å². The lowest BCUT2D eigenvalue weighted by Gasteiger charge is -2.30. The third-order valence-corrected chi connectivity index (χ3v) is 3.43. The van der Waals surface area contributed by atoms with Gasteiger partial charge < -0.3 is 20.2 Å². The average Bonchev–Trinajstić information content (AvgIpc) is 2.81. The second-order valence-corrected chi connectivity index (χ2v) is 6.44. The summed E-state index contributed by atoms with van der Waals surface area (Å²) >= 11 is 0. The molecule has 0 saturated heterocycles. The zero-order valence-corrected chi connectivity index (χ0v) is 14.5. The summed E-state index contributed by atoms with van der Waals surface area (Å²) in [5.74, 6) is 0. The van der Waals surface area contributed by atoms with E-state index in [-0.39, 0.29) is 12.1 Å². The van der Waals surface area contributed by atoms with E-state index in [1.807, 2.05) is 45.4 Å². The first-order chi connectivity index (χ1) is 10.1. The number of rotatable bonds is 7. The minimum Gasteiger partial charge on any atom is -0.389 e. The van der Waals surface area contributed by atoms with Gasteiger partial charge in [0.05, 0.1) is 24.4 Å². The van der Waals surface area contributed by atoms with Gasteiger partial charge >= 0.3 is 6.03 Å². The third-order valence-electron chi connectivity index (χ3n) is 3.43. The van der Waals surface area contributed by atoms with Crippen molar-refractivity contribution in [3.8, 4) is 0 Å². The maximum Gasteiger partial charge on any atom is 0.317 e. The van der Waals surface area contributed by atoms with Crippen molar-refractivity contribution in [2.45, 2.75) is 32.4 Å². The van der Waals surface area contributed by atoms with E-state index in [1.165, 1.54) is 0 Å². The van der Waals surface area contributed by atoms with Gasteiger partial charge in [-0.25, -0.2) is 4.79 Å². The Morgan fingerprint density at radius 3 is 2.55 bits per heavy atom. The van der Waals surface area contributed by atoms with Crippen molar-refractivity contribution >= 4 is 6.03 Å². The second kappa shape index (κ2) is 7.60. The Labute approximate surface area is 132 Å². The van der Waals surface area contributed by atoms with E-state index in [4.69, 9.17) is 0 Å². The lowest BCUT2D eigenvalue weighted by molar-refractivity contribution is 0.0478. The van der Waals surface area contributed by atoms with Crippen LogP contribution in [0.15, 0.2) is 12.4 Å². The predicted molar refractivity (Wildman–Crippen MR) is 86.6 cm³/mol. The largest absolute Gasteiger partial charge is 0.389 e. The summed E-state index contributed by atoms with van der Waals surface area (Å²) in [7, 11) is 5.81. The van der Waals surface area contributed by atoms with Gasteiger partial charge in [-0.1, -0.05) is 0 Å². The minimum absolute atomic E-state index is 0.0542. The molecule has 1 atom stereocenters. The van der Waals surface area contributed by atoms with Gasteiger partial charge in [0.2, 0.25) is 0 Å². The molecule has 0 aliphatic rings. The highest BCUT2D eigenvalue weighted by Crippen LogP contribution is 2.16. The van der Waals surface area contributed by atoms with Crippen LogP contribution >= 0.6 is 0 Å². The minimum atomic E-state index is -0.905. The topological polar surface area (TPSA) is 73.6 Å². The van der Waals surface area contributed by atoms with Crippen LogP contribution in [0.3, 0.4) is 0 Å². The van der Waals surface area contributed by atoms with Gasteiger partial charge in [0.15, 0.2) is 0 Å². The van der Waals surface area contributed by atoms with E-state index in [1.54, 1.807) is 23.4 Å². The van der Waals surface area contributed by atoms with Crippen LogP contribution in [0.1, 0.15) is 32.4 Å². The third kappa shape index (κ3) is 5.65. The lowest BCUT2D eigenvalue weighted by atomic mass is 10.1. The maximum absolute atomic E-state index is 12.3. The van der Waals surface area contributed by atoms with Crippen LogP contribution in [0.2, 0.25) is 0 Å². The highest BCUT2D eigenvalue weighted by Gasteiger charge is 2.23. The molecule has 0 fully saturated rings. The molecule has 2 amide bonds. The highest BCUT2D eigenvalue weighted by molar-refractivity contribution is 5.74. The zero-order valence-electron chi connectivity index (χ0n) is 14.5. The summed E-state index contributed by atoms with van der Waals surface area (Å²) < 4.78 is 1.75. The molecule has 7 nitrogen and oxygen atoms in total. The van der Waals surface area contributed by atoms with Crippen molar-refractivity contribution in [3.63, 3.8) is 0 Å². The van der Waals surface area contributed by atoms with Crippen LogP contribution < -0.4 is 5.32 Å². The van der Waals surface area contributed by atoms with Gasteiger partial charge in [0, 0.05) is 31.9 Å². The first-order valence-electron chi connectivity index (χ1n) is 7.54. The zero-order chi connectivity index (χ0) is 16.9. The molecular formula is C15H29N5O2. The van der Waals surface area contributed by atoms with E-state index >= 15 is 0 Å². The van der Waals surface area contributed by atoms with Gasteiger partial charge in [0.1, 0.15) is 0 Å². The monoisotopic (exact) mass is 311 g/mol. The summed E-state index contributed by atoms with van der Waals surface area (Å²) in [4.78, 5) is 15.9. The molecule has 1 aromatic rings. The molecule has 1 heterocycles. The van der Waals surface area contributed by atoms with Crippen LogP contribution in [0, 0.1) is 0 Å². The molecule has 1 unspecified atom stereocenters. The first-order valence-corrected chi connectivity index (χ1v) is 7.54. The number of carbonyl (C=O) groups is 1. The number of likely N-dealkylation sites (N-methyl/N-ethyl adjacent to an activating group) is 2. The van der Waals surface area contributed by atoms with Crippen molar-refractivity contribution in [2.75, 3.05) is 33.7 Å². The van der Waals surface area contributed by atoms with E-state index in [9.17, 15) is 9.90 Å². The van der Waals surface area contributed by atoms with Crippen molar-refractivity contribution < 1.29 is 9.90 Å². The fourth-order valence-electron chi connectivity index (χ4n) is 2.30. The molecule has 2 N–H and O–H groups in total. The number of nitrogens with zero attached hydrogens (tertiary/aromatic N) is 4. The number of hydrogen-bond donors (Lipinski definition) is 2. The normalized spacial score (nSPS) is 13.3. The summed E-state index contributed by atoms with van der Waals surface area (Å²) in [6, 6.07) is -0.112. The maximum atomic E-state index is 12.3. The number of hydrogen-bond acceptors (Lipinski definition) is 4. The van der Waals surface area contributed by atoms with Gasteiger partial charge in [-0.2, -0.15) is 5.10 Å². The Hall–Kier alpha value is -1.60. The lowest BCUT2D eigenvalue weighted by Crippen LogP contribution is -2.48. The molecule has 0 radical (unpaired) electrons. The number of amides is 2. The fraction of sp³-hybridized carbons (Fsp3) is 0.733. The van der Waals surface area contributed by atoms with E-state index in [0.717, 1.165) is 5.56 Å². The Kier molecular flexibility index (Phi) is 6.37. The Bertz CT molecular complexity index is 479. The predicted octanol–water partition coefficient (Wildman–Crippen LogP) is 0.825. The summed E-state index contributed by atoms with van der Waals surface area (Å²) in [6.07, 6.45) is 3.76. The fourth-order valence-corrected chi connectivity index (χ4v) is 2.30. The van der Waals surface area contributed by atoms with Crippen LogP contribution in [0.5, 0.6) is 0 Å². The second-order valence-electron chi connectivity index (χ2n) is 6.44. The molecule has 22 heavy (non-hydrogen) atoms. The van der Waals surface area contributed by atoms with Gasteiger partial charge in [-0.05, 0) is 34.9 Å². The summed E-state index contributed by atoms with van der Waals surface area (Å²) in [5.41, 5.74) is 0.149. The van der Waals surface area contributed by atoms with Crippen molar-refractivity contribution in [2.24, 2.45) is 7.05 Å². The summed E-state index contributed by atoms with van der Waals surface area (Å²) in [6.45, 7) is 6.63. The molecule has 7 heteroatoms. The smallest absolute Gasteiger partial charge is 0.317 e. The molecule has 1 aromatic heterocycles. The summed E-state index contributed by atoms with van der Waals surface area (Å²) in [5, 5.41) is 17.0. The first kappa shape index (κ1) is 18.4. The Morgan fingerprint density at radius 1 is 1.50 bits per heavy atom. The molecule has 0 saturated carbocycles. The van der Waals surface area contributed by atoms with Crippen molar-refractivity contribution in [1.29, 1.82) is 0 Å². The molecule has 0 aromatic carbocycles. The Balaban J connectivity index is 2.66. The number of aromatic nitrogens is 2. The number of aryl methyl sites for hydroxylation is 1. The van der Waals surface area contributed by atoms with E-state index in [2.05, 4.69) is 10.4 Å². The van der Waals surface area contributed by atoms with Gasteiger partial charge in [-0.15, -0.1) is 0 Å². The number of nitrogens with one attached hydrogen (secondary N) is 1. The molecule has 0 bridgehead atoms. The van der Waals surface area contributed by atoms with Crippen LogP contribution in [0.25, 0.3) is 0 Å². The highest BCUT2D eigenvalue weighted by atomic mass is 16.3. The molecular weight excluding hydrogens is 282 g/mol. The SMILES string of the molecule is CCN(CC(C)(C)O)C(=O)NCC(c1cnn(C)c1)N(C)C. The molecule has 0 aliphatic heterocycles. The van der Waals surface area contributed by atoms with Gasteiger partial charge in [-0.3, -0.25) is 4.68 Å². The number of carbonyl (C=O) groups excluding carboxylic acids is 1. The van der Waals surface area contributed by atoms with E-state index < -0.39 is 5.60 Å². The quantitative estimate of drug-likeness (QED) is 0.782. The number of urea groups is 1. The van der Waals surface area contributed by atoms with Crippen LogP contribution in [-0.2, 0) is 7.05 Å². The van der Waals surface area contributed by atoms with Crippen LogP contribution in [0.4, 0.5) is 4.79 Å². The standard InChI is InChI=1S/C15H29N5O2/c1-7-20(11-15(2,3)22)14(21)16-9-13(18(4)5)12-8-17-19(6)10-12/h8,10,13,22H,7,9,11H2,1-6H3,(H,16,21). The Morgan fingerprint density at radius 2 is 2.14 bits per heavy atom. The molecule has 0 spiro atoms.